The lowest BCUT2D eigenvalue weighted by molar-refractivity contribution is 0.308. The van der Waals surface area contributed by atoms with Crippen molar-refractivity contribution in [2.45, 2.75) is 29.5 Å². The molecule has 96 valence electrons. The zero-order valence-corrected chi connectivity index (χ0v) is 12.7. The monoisotopic (exact) mass is 338 g/mol. The number of hydrogen-bond donors (Lipinski definition) is 2. The summed E-state index contributed by atoms with van der Waals surface area (Å²) in [5.41, 5.74) is -0.333. The van der Waals surface area contributed by atoms with E-state index in [4.69, 9.17) is 0 Å². The third-order valence-corrected chi connectivity index (χ3v) is 6.66. The summed E-state index contributed by atoms with van der Waals surface area (Å²) < 4.78 is 28.4. The van der Waals surface area contributed by atoms with Crippen molar-refractivity contribution < 1.29 is 8.42 Å². The van der Waals surface area contributed by atoms with Crippen LogP contribution < -0.4 is 10.0 Å². The van der Waals surface area contributed by atoms with Gasteiger partial charge in [-0.05, 0) is 60.9 Å². The molecule has 0 spiro atoms. The molecule has 1 aliphatic heterocycles. The topological polar surface area (TPSA) is 58.2 Å². The average molecular weight is 339 g/mol. The molecule has 1 aromatic rings. The molecule has 17 heavy (non-hydrogen) atoms. The summed E-state index contributed by atoms with van der Waals surface area (Å²) in [6.45, 7) is 3.67. The van der Waals surface area contributed by atoms with E-state index in [0.717, 1.165) is 29.7 Å². The highest BCUT2D eigenvalue weighted by Crippen LogP contribution is 2.28. The van der Waals surface area contributed by atoms with Crippen LogP contribution >= 0.6 is 27.3 Å². The molecule has 0 bridgehead atoms. The highest BCUT2D eigenvalue weighted by Gasteiger charge is 2.32. The Hall–Kier alpha value is 0.0500. The van der Waals surface area contributed by atoms with E-state index in [1.807, 2.05) is 6.92 Å². The molecule has 0 unspecified atom stereocenters. The quantitative estimate of drug-likeness (QED) is 0.885. The minimum Gasteiger partial charge on any atom is -0.317 e. The van der Waals surface area contributed by atoms with Crippen molar-refractivity contribution in [1.82, 2.24) is 10.0 Å². The van der Waals surface area contributed by atoms with E-state index in [9.17, 15) is 8.42 Å². The van der Waals surface area contributed by atoms with Crippen molar-refractivity contribution in [3.05, 3.63) is 15.9 Å². The van der Waals surface area contributed by atoms with Gasteiger partial charge in [-0.1, -0.05) is 0 Å². The Labute approximate surface area is 114 Å². The molecule has 1 aliphatic rings. The van der Waals surface area contributed by atoms with E-state index in [2.05, 4.69) is 26.0 Å². The molecule has 0 amide bonds. The third kappa shape index (κ3) is 3.29. The summed E-state index contributed by atoms with van der Waals surface area (Å²) in [6, 6.07) is 3.38. The molecule has 1 fully saturated rings. The van der Waals surface area contributed by atoms with Gasteiger partial charge in [-0.3, -0.25) is 0 Å². The van der Waals surface area contributed by atoms with E-state index in [0.29, 0.717) is 4.21 Å². The van der Waals surface area contributed by atoms with Crippen molar-refractivity contribution in [3.8, 4) is 0 Å². The second-order valence-electron chi connectivity index (χ2n) is 4.47. The predicted molar refractivity (Wildman–Crippen MR) is 72.8 cm³/mol. The van der Waals surface area contributed by atoms with E-state index >= 15 is 0 Å². The number of nitrogens with one attached hydrogen (secondary N) is 2. The van der Waals surface area contributed by atoms with Crippen LogP contribution in [0.3, 0.4) is 0 Å². The molecule has 2 N–H and O–H groups in total. The van der Waals surface area contributed by atoms with Gasteiger partial charge in [0.05, 0.1) is 3.79 Å². The van der Waals surface area contributed by atoms with Gasteiger partial charge < -0.3 is 5.32 Å². The van der Waals surface area contributed by atoms with Crippen LogP contribution in [0.25, 0.3) is 0 Å². The van der Waals surface area contributed by atoms with Gasteiger partial charge in [0, 0.05) is 5.54 Å². The molecule has 0 aromatic carbocycles. The molecule has 1 saturated heterocycles. The number of sulfonamides is 1. The number of hydrogen-bond acceptors (Lipinski definition) is 4. The Morgan fingerprint density at radius 3 is 2.59 bits per heavy atom. The summed E-state index contributed by atoms with van der Waals surface area (Å²) in [4.78, 5) is 0. The number of rotatable bonds is 3. The summed E-state index contributed by atoms with van der Waals surface area (Å²) in [6.07, 6.45) is 1.64. The maximum absolute atomic E-state index is 12.2. The Morgan fingerprint density at radius 2 is 2.06 bits per heavy atom. The molecule has 2 heterocycles. The Balaban J connectivity index is 2.17. The highest BCUT2D eigenvalue weighted by molar-refractivity contribution is 9.11. The van der Waals surface area contributed by atoms with Crippen LogP contribution in [0.4, 0.5) is 0 Å². The maximum Gasteiger partial charge on any atom is 0.250 e. The molecule has 0 radical (unpaired) electrons. The molecule has 0 saturated carbocycles. The third-order valence-electron chi connectivity index (χ3n) is 2.90. The first-order valence-electron chi connectivity index (χ1n) is 5.41. The van der Waals surface area contributed by atoms with E-state index in [-0.39, 0.29) is 5.54 Å². The summed E-state index contributed by atoms with van der Waals surface area (Å²) in [7, 11) is -3.39. The van der Waals surface area contributed by atoms with Crippen molar-refractivity contribution in [2.75, 3.05) is 13.1 Å². The first-order valence-corrected chi connectivity index (χ1v) is 8.51. The fourth-order valence-electron chi connectivity index (χ4n) is 1.90. The van der Waals surface area contributed by atoms with Crippen molar-refractivity contribution in [2.24, 2.45) is 0 Å². The van der Waals surface area contributed by atoms with Gasteiger partial charge in [-0.2, -0.15) is 0 Å². The number of piperidine rings is 1. The fourth-order valence-corrected chi connectivity index (χ4v) is 5.37. The normalized spacial score (nSPS) is 20.4. The van der Waals surface area contributed by atoms with Crippen molar-refractivity contribution >= 4 is 37.3 Å². The van der Waals surface area contributed by atoms with E-state index < -0.39 is 10.0 Å². The van der Waals surface area contributed by atoms with Gasteiger partial charge in [-0.25, -0.2) is 13.1 Å². The maximum atomic E-state index is 12.2. The second kappa shape index (κ2) is 4.97. The Kier molecular flexibility index (Phi) is 3.94. The van der Waals surface area contributed by atoms with Crippen LogP contribution in [0.2, 0.25) is 0 Å². The van der Waals surface area contributed by atoms with Gasteiger partial charge in [-0.15, -0.1) is 11.3 Å². The van der Waals surface area contributed by atoms with Crippen LogP contribution in [-0.4, -0.2) is 27.0 Å². The lowest BCUT2D eigenvalue weighted by Crippen LogP contribution is -2.52. The van der Waals surface area contributed by atoms with Gasteiger partial charge in [0.25, 0.3) is 10.0 Å². The molecule has 1 aromatic heterocycles. The summed E-state index contributed by atoms with van der Waals surface area (Å²) in [5.74, 6) is 0. The predicted octanol–water partition coefficient (Wildman–Crippen LogP) is 1.93. The van der Waals surface area contributed by atoms with Crippen LogP contribution in [0.1, 0.15) is 19.8 Å². The molecule has 2 rings (SSSR count). The zero-order valence-electron chi connectivity index (χ0n) is 9.49. The lowest BCUT2D eigenvalue weighted by Gasteiger charge is -2.34. The van der Waals surface area contributed by atoms with Gasteiger partial charge in [0.2, 0.25) is 0 Å². The zero-order chi connectivity index (χ0) is 12.5. The second-order valence-corrected chi connectivity index (χ2v) is 8.85. The first-order chi connectivity index (χ1) is 7.91. The molecular formula is C10H15BrN2O2S2. The van der Waals surface area contributed by atoms with Crippen LogP contribution in [-0.2, 0) is 10.0 Å². The minimum atomic E-state index is -3.39. The van der Waals surface area contributed by atoms with E-state index in [1.54, 1.807) is 12.1 Å². The minimum absolute atomic E-state index is 0.333. The van der Waals surface area contributed by atoms with Crippen molar-refractivity contribution in [3.63, 3.8) is 0 Å². The van der Waals surface area contributed by atoms with Gasteiger partial charge >= 0.3 is 0 Å². The number of thiophene rings is 1. The largest absolute Gasteiger partial charge is 0.317 e. The fraction of sp³-hybridized carbons (Fsp3) is 0.600. The molecule has 7 heteroatoms. The van der Waals surface area contributed by atoms with Crippen LogP contribution in [0.5, 0.6) is 0 Å². The van der Waals surface area contributed by atoms with Gasteiger partial charge in [0.1, 0.15) is 4.21 Å². The van der Waals surface area contributed by atoms with Gasteiger partial charge in [0.15, 0.2) is 0 Å². The summed E-state index contributed by atoms with van der Waals surface area (Å²) >= 11 is 4.51. The smallest absolute Gasteiger partial charge is 0.250 e. The average Bonchev–Trinajstić information content (AvgIpc) is 2.65. The Bertz CT molecular complexity index is 492. The SMILES string of the molecule is CC1(NS(=O)(=O)c2ccc(Br)s2)CCNCC1. The Morgan fingerprint density at radius 1 is 1.41 bits per heavy atom. The molecular weight excluding hydrogens is 324 g/mol. The molecule has 4 nitrogen and oxygen atoms in total. The van der Waals surface area contributed by atoms with Crippen LogP contribution in [0.15, 0.2) is 20.1 Å². The van der Waals surface area contributed by atoms with E-state index in [1.165, 1.54) is 11.3 Å². The van der Waals surface area contributed by atoms with Crippen molar-refractivity contribution in [1.29, 1.82) is 0 Å². The summed E-state index contributed by atoms with van der Waals surface area (Å²) in [5, 5.41) is 3.23. The molecule has 0 atom stereocenters. The number of halogens is 1. The first kappa shape index (κ1) is 13.5. The lowest BCUT2D eigenvalue weighted by atomic mass is 9.92. The molecule has 0 aliphatic carbocycles. The standard InChI is InChI=1S/C10H15BrN2O2S2/c1-10(4-6-12-7-5-10)13-17(14,15)9-3-2-8(11)16-9/h2-3,12-13H,4-7H2,1H3. The highest BCUT2D eigenvalue weighted by atomic mass is 79.9. The van der Waals surface area contributed by atoms with Crippen LogP contribution in [0, 0.1) is 0 Å².